The number of hydrogen-bond acceptors (Lipinski definition) is 4. The lowest BCUT2D eigenvalue weighted by molar-refractivity contribution is 0.142. The van der Waals surface area contributed by atoms with E-state index < -0.39 is 9.84 Å². The first kappa shape index (κ1) is 10.4. The minimum Gasteiger partial charge on any atom is -0.488 e. The van der Waals surface area contributed by atoms with E-state index in [1.54, 1.807) is 24.3 Å². The number of ether oxygens (including phenoxy) is 1. The third-order valence-corrected chi connectivity index (χ3v) is 3.39. The van der Waals surface area contributed by atoms with Gasteiger partial charge < -0.3 is 10.1 Å². The van der Waals surface area contributed by atoms with Crippen molar-refractivity contribution in [1.29, 1.82) is 0 Å². The lowest BCUT2D eigenvalue weighted by atomic mass is 10.2. The van der Waals surface area contributed by atoms with Gasteiger partial charge in [0.15, 0.2) is 9.84 Å². The van der Waals surface area contributed by atoms with E-state index in [1.807, 2.05) is 0 Å². The molecule has 1 heterocycles. The van der Waals surface area contributed by atoms with Crippen molar-refractivity contribution in [3.8, 4) is 5.75 Å². The Hall–Kier alpha value is -1.07. The van der Waals surface area contributed by atoms with E-state index in [1.165, 1.54) is 6.26 Å². The number of rotatable bonds is 3. The van der Waals surface area contributed by atoms with Crippen LogP contribution in [-0.2, 0) is 9.84 Å². The van der Waals surface area contributed by atoms with Gasteiger partial charge in [0.25, 0.3) is 0 Å². The van der Waals surface area contributed by atoms with Crippen LogP contribution in [0.2, 0.25) is 0 Å². The fraction of sp³-hybridized carbons (Fsp3) is 0.400. The van der Waals surface area contributed by atoms with Crippen LogP contribution in [0.4, 0.5) is 0 Å². The molecular weight excluding hydrogens is 214 g/mol. The molecule has 0 saturated carbocycles. The standard InChI is InChI=1S/C10H13NO3S/c1-15(12,13)10-4-2-3-8(5-10)14-9-6-11-7-9/h2-5,9,11H,6-7H2,1H3. The third-order valence-electron chi connectivity index (χ3n) is 2.28. The van der Waals surface area contributed by atoms with E-state index in [4.69, 9.17) is 4.74 Å². The SMILES string of the molecule is CS(=O)(=O)c1cccc(OC2CNC2)c1. The predicted octanol–water partition coefficient (Wildman–Crippen LogP) is 0.441. The highest BCUT2D eigenvalue weighted by atomic mass is 32.2. The molecule has 2 rings (SSSR count). The zero-order valence-corrected chi connectivity index (χ0v) is 9.25. The Morgan fingerprint density at radius 1 is 1.40 bits per heavy atom. The summed E-state index contributed by atoms with van der Waals surface area (Å²) in [5, 5.41) is 3.08. The van der Waals surface area contributed by atoms with Crippen molar-refractivity contribution in [2.75, 3.05) is 19.3 Å². The summed E-state index contributed by atoms with van der Waals surface area (Å²) in [5.41, 5.74) is 0. The Bertz CT molecular complexity index is 451. The van der Waals surface area contributed by atoms with Gasteiger partial charge in [0, 0.05) is 19.3 Å². The zero-order chi connectivity index (χ0) is 10.9. The summed E-state index contributed by atoms with van der Waals surface area (Å²) < 4.78 is 28.1. The largest absolute Gasteiger partial charge is 0.488 e. The number of nitrogens with one attached hydrogen (secondary N) is 1. The minimum atomic E-state index is -3.15. The van der Waals surface area contributed by atoms with Crippen LogP contribution in [-0.4, -0.2) is 33.9 Å². The molecular formula is C10H13NO3S. The van der Waals surface area contributed by atoms with E-state index >= 15 is 0 Å². The first-order valence-electron chi connectivity index (χ1n) is 4.73. The van der Waals surface area contributed by atoms with Gasteiger partial charge in [-0.2, -0.15) is 0 Å². The lowest BCUT2D eigenvalue weighted by Crippen LogP contribution is -2.50. The third kappa shape index (κ3) is 2.49. The zero-order valence-electron chi connectivity index (χ0n) is 8.43. The second-order valence-corrected chi connectivity index (χ2v) is 5.66. The summed E-state index contributed by atoms with van der Waals surface area (Å²) >= 11 is 0. The highest BCUT2D eigenvalue weighted by Crippen LogP contribution is 2.19. The summed E-state index contributed by atoms with van der Waals surface area (Å²) in [6, 6.07) is 6.60. The molecule has 4 nitrogen and oxygen atoms in total. The Kier molecular flexibility index (Phi) is 2.67. The van der Waals surface area contributed by atoms with Crippen molar-refractivity contribution in [3.05, 3.63) is 24.3 Å². The minimum absolute atomic E-state index is 0.166. The van der Waals surface area contributed by atoms with Crippen LogP contribution in [0.3, 0.4) is 0 Å². The maximum Gasteiger partial charge on any atom is 0.175 e. The van der Waals surface area contributed by atoms with Crippen molar-refractivity contribution in [3.63, 3.8) is 0 Å². The topological polar surface area (TPSA) is 55.4 Å². The molecule has 0 bridgehead atoms. The summed E-state index contributed by atoms with van der Waals surface area (Å²) in [5.74, 6) is 0.615. The molecule has 0 amide bonds. The molecule has 1 aliphatic rings. The first-order chi connectivity index (χ1) is 7.05. The van der Waals surface area contributed by atoms with Crippen LogP contribution < -0.4 is 10.1 Å². The molecule has 0 atom stereocenters. The molecule has 0 radical (unpaired) electrons. The fourth-order valence-electron chi connectivity index (χ4n) is 1.32. The molecule has 0 spiro atoms. The summed E-state index contributed by atoms with van der Waals surface area (Å²) in [4.78, 5) is 0.298. The van der Waals surface area contributed by atoms with Crippen molar-refractivity contribution in [2.45, 2.75) is 11.0 Å². The van der Waals surface area contributed by atoms with Gasteiger partial charge >= 0.3 is 0 Å². The van der Waals surface area contributed by atoms with E-state index in [0.29, 0.717) is 10.6 Å². The quantitative estimate of drug-likeness (QED) is 0.814. The fourth-order valence-corrected chi connectivity index (χ4v) is 1.97. The molecule has 1 N–H and O–H groups in total. The summed E-state index contributed by atoms with van der Waals surface area (Å²) in [6.07, 6.45) is 1.36. The average Bonchev–Trinajstić information content (AvgIpc) is 2.11. The molecule has 5 heteroatoms. The van der Waals surface area contributed by atoms with Gasteiger partial charge in [-0.1, -0.05) is 6.07 Å². The van der Waals surface area contributed by atoms with Gasteiger partial charge in [-0.25, -0.2) is 8.42 Å². The van der Waals surface area contributed by atoms with Gasteiger partial charge in [-0.3, -0.25) is 0 Å². The van der Waals surface area contributed by atoms with E-state index in [0.717, 1.165) is 13.1 Å². The maximum absolute atomic E-state index is 11.3. The Labute approximate surface area is 89.2 Å². The molecule has 1 aromatic carbocycles. The normalized spacial score (nSPS) is 17.1. The maximum atomic E-state index is 11.3. The van der Waals surface area contributed by atoms with Gasteiger partial charge in [-0.15, -0.1) is 0 Å². The second kappa shape index (κ2) is 3.83. The Balaban J connectivity index is 2.18. The van der Waals surface area contributed by atoms with E-state index in [2.05, 4.69) is 5.32 Å². The summed E-state index contributed by atoms with van der Waals surface area (Å²) in [7, 11) is -3.15. The molecule has 0 aliphatic carbocycles. The Morgan fingerprint density at radius 2 is 2.13 bits per heavy atom. The molecule has 82 valence electrons. The molecule has 1 aliphatic heterocycles. The Morgan fingerprint density at radius 3 is 2.67 bits per heavy atom. The molecule has 0 unspecified atom stereocenters. The number of hydrogen-bond donors (Lipinski definition) is 1. The molecule has 15 heavy (non-hydrogen) atoms. The van der Waals surface area contributed by atoms with Crippen LogP contribution in [0.1, 0.15) is 0 Å². The highest BCUT2D eigenvalue weighted by Gasteiger charge is 2.18. The van der Waals surface area contributed by atoms with Crippen molar-refractivity contribution in [2.24, 2.45) is 0 Å². The van der Waals surface area contributed by atoms with E-state index in [9.17, 15) is 8.42 Å². The van der Waals surface area contributed by atoms with Gasteiger partial charge in [0.1, 0.15) is 11.9 Å². The molecule has 1 saturated heterocycles. The smallest absolute Gasteiger partial charge is 0.175 e. The van der Waals surface area contributed by atoms with Crippen LogP contribution in [0.15, 0.2) is 29.2 Å². The highest BCUT2D eigenvalue weighted by molar-refractivity contribution is 7.90. The lowest BCUT2D eigenvalue weighted by Gasteiger charge is -2.27. The predicted molar refractivity (Wildman–Crippen MR) is 56.8 cm³/mol. The van der Waals surface area contributed by atoms with Gasteiger partial charge in [0.2, 0.25) is 0 Å². The van der Waals surface area contributed by atoms with Crippen LogP contribution in [0.25, 0.3) is 0 Å². The van der Waals surface area contributed by atoms with Crippen molar-refractivity contribution >= 4 is 9.84 Å². The van der Waals surface area contributed by atoms with Gasteiger partial charge in [-0.05, 0) is 18.2 Å². The van der Waals surface area contributed by atoms with Gasteiger partial charge in [0.05, 0.1) is 4.90 Å². The number of sulfone groups is 1. The molecule has 0 aromatic heterocycles. The number of benzene rings is 1. The first-order valence-corrected chi connectivity index (χ1v) is 6.62. The van der Waals surface area contributed by atoms with Crippen LogP contribution in [0.5, 0.6) is 5.75 Å². The summed E-state index contributed by atoms with van der Waals surface area (Å²) in [6.45, 7) is 1.65. The van der Waals surface area contributed by atoms with E-state index in [-0.39, 0.29) is 6.10 Å². The monoisotopic (exact) mass is 227 g/mol. The van der Waals surface area contributed by atoms with Crippen molar-refractivity contribution < 1.29 is 13.2 Å². The van der Waals surface area contributed by atoms with Crippen molar-refractivity contribution in [1.82, 2.24) is 5.32 Å². The molecule has 1 fully saturated rings. The van der Waals surface area contributed by atoms with Crippen LogP contribution in [0, 0.1) is 0 Å². The average molecular weight is 227 g/mol. The second-order valence-electron chi connectivity index (χ2n) is 3.65. The van der Waals surface area contributed by atoms with Crippen LogP contribution >= 0.6 is 0 Å². The molecule has 1 aromatic rings.